The molecular formula is C16H26N2OS. The number of carbonyl (C=O) groups excluding carboxylic acids is 1. The molecule has 1 atom stereocenters. The Labute approximate surface area is 126 Å². The summed E-state index contributed by atoms with van der Waals surface area (Å²) < 4.78 is 0. The van der Waals surface area contributed by atoms with Crippen LogP contribution < -0.4 is 5.73 Å². The average molecular weight is 294 g/mol. The van der Waals surface area contributed by atoms with E-state index in [-0.39, 0.29) is 17.4 Å². The van der Waals surface area contributed by atoms with E-state index in [1.807, 2.05) is 11.9 Å². The molecule has 0 spiro atoms. The Hall–Kier alpha value is -0.870. The van der Waals surface area contributed by atoms with Crippen LogP contribution in [0.1, 0.15) is 54.8 Å². The summed E-state index contributed by atoms with van der Waals surface area (Å²) in [6, 6.07) is 4.38. The molecule has 1 amide bonds. The highest BCUT2D eigenvalue weighted by Gasteiger charge is 2.41. The zero-order valence-corrected chi connectivity index (χ0v) is 13.6. The van der Waals surface area contributed by atoms with Crippen LogP contribution in [-0.2, 0) is 4.79 Å². The molecule has 0 aliphatic heterocycles. The number of thiophene rings is 1. The molecule has 4 heteroatoms. The number of amides is 1. The molecule has 1 fully saturated rings. The topological polar surface area (TPSA) is 46.3 Å². The lowest BCUT2D eigenvalue weighted by Gasteiger charge is -2.39. The third-order valence-corrected chi connectivity index (χ3v) is 5.90. The van der Waals surface area contributed by atoms with Crippen LogP contribution in [0.2, 0.25) is 0 Å². The van der Waals surface area contributed by atoms with Gasteiger partial charge in [-0.25, -0.2) is 0 Å². The van der Waals surface area contributed by atoms with Crippen LogP contribution in [0.3, 0.4) is 0 Å². The molecule has 1 aliphatic rings. The largest absolute Gasteiger partial charge is 0.338 e. The fourth-order valence-electron chi connectivity index (χ4n) is 3.15. The minimum Gasteiger partial charge on any atom is -0.338 e. The van der Waals surface area contributed by atoms with Gasteiger partial charge in [0.15, 0.2) is 0 Å². The van der Waals surface area contributed by atoms with Gasteiger partial charge in [0.2, 0.25) is 5.91 Å². The standard InChI is InChI=1S/C16H26N2OS/c1-12-7-8-14(20-12)13(2)18(3)15(19)16(11-17)9-5-4-6-10-16/h7-8,13H,4-6,9-11,17H2,1-3H3. The Balaban J connectivity index is 2.14. The second-order valence-electron chi connectivity index (χ2n) is 6.09. The van der Waals surface area contributed by atoms with Crippen molar-refractivity contribution < 1.29 is 4.79 Å². The first-order chi connectivity index (χ1) is 9.50. The van der Waals surface area contributed by atoms with Gasteiger partial charge in [0.25, 0.3) is 0 Å². The van der Waals surface area contributed by atoms with E-state index in [1.54, 1.807) is 11.3 Å². The van der Waals surface area contributed by atoms with E-state index >= 15 is 0 Å². The lowest BCUT2D eigenvalue weighted by Crippen LogP contribution is -2.48. The Bertz CT molecular complexity index is 463. The van der Waals surface area contributed by atoms with Crippen molar-refractivity contribution in [2.75, 3.05) is 13.6 Å². The molecule has 20 heavy (non-hydrogen) atoms. The number of nitrogens with two attached hydrogens (primary N) is 1. The predicted octanol–water partition coefficient (Wildman–Crippen LogP) is 3.49. The number of hydrogen-bond donors (Lipinski definition) is 1. The molecule has 1 saturated carbocycles. The highest BCUT2D eigenvalue weighted by atomic mass is 32.1. The van der Waals surface area contributed by atoms with Gasteiger partial charge in [0.05, 0.1) is 11.5 Å². The molecule has 0 aromatic carbocycles. The minimum atomic E-state index is -0.312. The third kappa shape index (κ3) is 2.91. The SMILES string of the molecule is Cc1ccc(C(C)N(C)C(=O)C2(CN)CCCCC2)s1. The first-order valence-electron chi connectivity index (χ1n) is 7.54. The number of hydrogen-bond acceptors (Lipinski definition) is 3. The van der Waals surface area contributed by atoms with E-state index < -0.39 is 0 Å². The lowest BCUT2D eigenvalue weighted by atomic mass is 9.73. The van der Waals surface area contributed by atoms with Crippen LogP contribution in [0.25, 0.3) is 0 Å². The molecule has 3 nitrogen and oxygen atoms in total. The normalized spacial score (nSPS) is 19.6. The molecule has 0 saturated heterocycles. The van der Waals surface area contributed by atoms with Gasteiger partial charge >= 0.3 is 0 Å². The smallest absolute Gasteiger partial charge is 0.230 e. The van der Waals surface area contributed by atoms with E-state index in [2.05, 4.69) is 26.0 Å². The van der Waals surface area contributed by atoms with Gasteiger partial charge in [-0.1, -0.05) is 19.3 Å². The van der Waals surface area contributed by atoms with E-state index in [0.29, 0.717) is 6.54 Å². The average Bonchev–Trinajstić information content (AvgIpc) is 2.92. The van der Waals surface area contributed by atoms with Crippen molar-refractivity contribution in [1.82, 2.24) is 4.90 Å². The Morgan fingerprint density at radius 1 is 1.40 bits per heavy atom. The summed E-state index contributed by atoms with van der Waals surface area (Å²) in [4.78, 5) is 17.4. The van der Waals surface area contributed by atoms with Gasteiger partial charge in [-0.3, -0.25) is 4.79 Å². The molecule has 1 aromatic rings. The summed E-state index contributed by atoms with van der Waals surface area (Å²) in [7, 11) is 1.92. The summed E-state index contributed by atoms with van der Waals surface area (Å²) in [5, 5.41) is 0. The van der Waals surface area contributed by atoms with E-state index in [4.69, 9.17) is 5.73 Å². The molecule has 2 N–H and O–H groups in total. The van der Waals surface area contributed by atoms with Crippen LogP contribution in [0.15, 0.2) is 12.1 Å². The molecule has 112 valence electrons. The number of rotatable bonds is 4. The van der Waals surface area contributed by atoms with Gasteiger partial charge in [0, 0.05) is 23.3 Å². The maximum absolute atomic E-state index is 12.9. The van der Waals surface area contributed by atoms with Crippen molar-refractivity contribution in [2.24, 2.45) is 11.1 Å². The molecule has 2 rings (SSSR count). The molecule has 1 heterocycles. The highest BCUT2D eigenvalue weighted by molar-refractivity contribution is 7.12. The number of aryl methyl sites for hydroxylation is 1. The summed E-state index contributed by atoms with van der Waals surface area (Å²) in [6.07, 6.45) is 5.39. The van der Waals surface area contributed by atoms with Crippen molar-refractivity contribution in [1.29, 1.82) is 0 Å². The fraction of sp³-hybridized carbons (Fsp3) is 0.688. The van der Waals surface area contributed by atoms with Crippen molar-refractivity contribution >= 4 is 17.2 Å². The van der Waals surface area contributed by atoms with Crippen molar-refractivity contribution in [3.63, 3.8) is 0 Å². The van der Waals surface area contributed by atoms with Crippen LogP contribution in [0.4, 0.5) is 0 Å². The first kappa shape index (κ1) is 15.5. The summed E-state index contributed by atoms with van der Waals surface area (Å²) in [6.45, 7) is 4.69. The predicted molar refractivity (Wildman–Crippen MR) is 84.8 cm³/mol. The first-order valence-corrected chi connectivity index (χ1v) is 8.35. The summed E-state index contributed by atoms with van der Waals surface area (Å²) in [5.74, 6) is 0.234. The van der Waals surface area contributed by atoms with Gasteiger partial charge in [-0.2, -0.15) is 0 Å². The van der Waals surface area contributed by atoms with Gasteiger partial charge in [-0.15, -0.1) is 11.3 Å². The second-order valence-corrected chi connectivity index (χ2v) is 7.41. The maximum Gasteiger partial charge on any atom is 0.230 e. The van der Waals surface area contributed by atoms with Crippen molar-refractivity contribution in [3.8, 4) is 0 Å². The number of carbonyl (C=O) groups is 1. The van der Waals surface area contributed by atoms with Crippen LogP contribution in [-0.4, -0.2) is 24.4 Å². The zero-order valence-electron chi connectivity index (χ0n) is 12.8. The maximum atomic E-state index is 12.9. The molecule has 0 radical (unpaired) electrons. The highest BCUT2D eigenvalue weighted by Crippen LogP contribution is 2.39. The zero-order chi connectivity index (χ0) is 14.8. The Morgan fingerprint density at radius 3 is 2.55 bits per heavy atom. The Morgan fingerprint density at radius 2 is 2.05 bits per heavy atom. The molecule has 1 aromatic heterocycles. The minimum absolute atomic E-state index is 0.131. The van der Waals surface area contributed by atoms with Crippen molar-refractivity contribution in [2.45, 2.75) is 52.0 Å². The summed E-state index contributed by atoms with van der Waals surface area (Å²) >= 11 is 1.77. The van der Waals surface area contributed by atoms with Gasteiger partial charge in [-0.05, 0) is 38.8 Å². The third-order valence-electron chi connectivity index (χ3n) is 4.73. The summed E-state index contributed by atoms with van der Waals surface area (Å²) in [5.41, 5.74) is 5.66. The number of nitrogens with zero attached hydrogens (tertiary/aromatic N) is 1. The van der Waals surface area contributed by atoms with E-state index in [0.717, 1.165) is 25.7 Å². The van der Waals surface area contributed by atoms with Crippen LogP contribution in [0, 0.1) is 12.3 Å². The van der Waals surface area contributed by atoms with Gasteiger partial charge in [0.1, 0.15) is 0 Å². The van der Waals surface area contributed by atoms with Gasteiger partial charge < -0.3 is 10.6 Å². The quantitative estimate of drug-likeness (QED) is 0.924. The second kappa shape index (κ2) is 6.27. The lowest BCUT2D eigenvalue weighted by molar-refractivity contribution is -0.144. The van der Waals surface area contributed by atoms with Crippen LogP contribution >= 0.6 is 11.3 Å². The molecule has 0 bridgehead atoms. The van der Waals surface area contributed by atoms with Crippen molar-refractivity contribution in [3.05, 3.63) is 21.9 Å². The van der Waals surface area contributed by atoms with E-state index in [1.165, 1.54) is 16.2 Å². The Kier molecular flexibility index (Phi) is 4.86. The fourth-order valence-corrected chi connectivity index (χ4v) is 4.13. The molecule has 1 aliphatic carbocycles. The van der Waals surface area contributed by atoms with E-state index in [9.17, 15) is 4.79 Å². The monoisotopic (exact) mass is 294 g/mol. The molecular weight excluding hydrogens is 268 g/mol. The molecule has 1 unspecified atom stereocenters. The van der Waals surface area contributed by atoms with Crippen LogP contribution in [0.5, 0.6) is 0 Å².